The van der Waals surface area contributed by atoms with Crippen molar-refractivity contribution in [2.24, 2.45) is 0 Å². The van der Waals surface area contributed by atoms with E-state index in [0.717, 1.165) is 35.7 Å². The number of sulfonamides is 1. The number of thiophene rings is 1. The number of aliphatic hydroxyl groups is 1. The highest BCUT2D eigenvalue weighted by Crippen LogP contribution is 2.30. The zero-order valence-corrected chi connectivity index (χ0v) is 21.9. The number of hydrogen-bond acceptors (Lipinski definition) is 6. The van der Waals surface area contributed by atoms with Gasteiger partial charge in [0.15, 0.2) is 0 Å². The molecule has 0 unspecified atom stereocenters. The second-order valence-corrected chi connectivity index (χ2v) is 12.1. The van der Waals surface area contributed by atoms with Gasteiger partial charge in [-0.2, -0.15) is 15.6 Å². The van der Waals surface area contributed by atoms with Gasteiger partial charge in [0.2, 0.25) is 10.0 Å². The maximum absolute atomic E-state index is 14.1. The number of hydrogen-bond donors (Lipinski definition) is 3. The fourth-order valence-corrected chi connectivity index (χ4v) is 6.03. The Morgan fingerprint density at radius 1 is 1.32 bits per heavy atom. The van der Waals surface area contributed by atoms with Crippen molar-refractivity contribution in [2.45, 2.75) is 62.5 Å². The Bertz CT molecular complexity index is 1060. The molecule has 0 saturated carbocycles. The van der Waals surface area contributed by atoms with Gasteiger partial charge in [-0.25, -0.2) is 12.8 Å². The molecule has 7 nitrogen and oxygen atoms in total. The van der Waals surface area contributed by atoms with E-state index in [0.29, 0.717) is 0 Å². The molecule has 34 heavy (non-hydrogen) atoms. The minimum absolute atomic E-state index is 0.0995. The number of halogens is 2. The molecule has 2 rings (SSSR count). The van der Waals surface area contributed by atoms with Crippen LogP contribution in [0.25, 0.3) is 0 Å². The van der Waals surface area contributed by atoms with Crippen molar-refractivity contribution < 1.29 is 27.8 Å². The summed E-state index contributed by atoms with van der Waals surface area (Å²) in [4.78, 5) is 10.4. The van der Waals surface area contributed by atoms with Crippen LogP contribution in [-0.4, -0.2) is 60.7 Å². The van der Waals surface area contributed by atoms with Crippen LogP contribution in [0.4, 0.5) is 4.39 Å². The van der Waals surface area contributed by atoms with Crippen LogP contribution < -0.4 is 5.32 Å². The monoisotopic (exact) mass is 534 g/mol. The lowest BCUT2D eigenvalue weighted by Crippen LogP contribution is -2.46. The molecule has 3 N–H and O–H groups in total. The first-order valence-corrected chi connectivity index (χ1v) is 13.7. The van der Waals surface area contributed by atoms with Gasteiger partial charge < -0.3 is 15.5 Å². The highest BCUT2D eigenvalue weighted by atomic mass is 35.5. The number of aryl methyl sites for hydroxylation is 2. The molecule has 2 aromatic rings. The van der Waals surface area contributed by atoms with E-state index in [9.17, 15) is 22.7 Å². The molecule has 0 aliphatic rings. The highest BCUT2D eigenvalue weighted by Gasteiger charge is 2.28. The number of carbonyl (C=O) groups is 1. The zero-order chi connectivity index (χ0) is 25.5. The van der Waals surface area contributed by atoms with E-state index in [1.807, 2.05) is 19.2 Å². The van der Waals surface area contributed by atoms with E-state index in [2.05, 4.69) is 16.8 Å². The second-order valence-electron chi connectivity index (χ2n) is 8.96. The summed E-state index contributed by atoms with van der Waals surface area (Å²) >= 11 is 7.86. The summed E-state index contributed by atoms with van der Waals surface area (Å²) in [6.07, 6.45) is 1.40. The lowest BCUT2D eigenvalue weighted by atomic mass is 9.96. The molecule has 0 fully saturated rings. The number of aliphatic carboxylic acids is 1. The number of likely N-dealkylation sites (N-methyl/N-ethyl adjacent to an activating group) is 1. The Morgan fingerprint density at radius 2 is 2.03 bits per heavy atom. The Labute approximate surface area is 209 Å². The van der Waals surface area contributed by atoms with Crippen LogP contribution in [0.2, 0.25) is 5.02 Å². The van der Waals surface area contributed by atoms with Gasteiger partial charge in [-0.1, -0.05) is 11.6 Å². The zero-order valence-electron chi connectivity index (χ0n) is 19.6. The van der Waals surface area contributed by atoms with Crippen molar-refractivity contribution in [3.8, 4) is 0 Å². The molecule has 1 heterocycles. The highest BCUT2D eigenvalue weighted by molar-refractivity contribution is 7.89. The van der Waals surface area contributed by atoms with Crippen LogP contribution in [0.5, 0.6) is 0 Å². The quantitative estimate of drug-likeness (QED) is 0.339. The summed E-state index contributed by atoms with van der Waals surface area (Å²) in [6, 6.07) is 3.94. The van der Waals surface area contributed by atoms with Gasteiger partial charge in [-0.15, -0.1) is 0 Å². The third kappa shape index (κ3) is 8.58. The number of carboxylic acid groups (broad SMARTS) is 1. The van der Waals surface area contributed by atoms with Crippen LogP contribution in [0.3, 0.4) is 0 Å². The Balaban J connectivity index is 1.96. The number of β-amino-alcohol motifs (C(OH)–C–C–N with tert-alkyl or cyclic N) is 1. The summed E-state index contributed by atoms with van der Waals surface area (Å²) in [5, 5.41) is 26.5. The van der Waals surface area contributed by atoms with Gasteiger partial charge in [-0.3, -0.25) is 4.79 Å². The summed E-state index contributed by atoms with van der Waals surface area (Å²) in [6.45, 7) is 4.00. The first-order chi connectivity index (χ1) is 15.8. The molecular formula is C23H32ClFN2O5S2. The maximum Gasteiger partial charge on any atom is 0.303 e. The summed E-state index contributed by atoms with van der Waals surface area (Å²) in [7, 11) is -2.93. The second kappa shape index (κ2) is 12.4. The van der Waals surface area contributed by atoms with Gasteiger partial charge in [0.1, 0.15) is 10.7 Å². The Kier molecular flexibility index (Phi) is 10.5. The SMILES string of the molecule is CN(C[C@@H](O)CNC(C)(C)CCCc1ccsc1)S(=O)(=O)c1cc(F)cc(CCC(=O)O)c1Cl. The van der Waals surface area contributed by atoms with Crippen molar-refractivity contribution in [1.82, 2.24) is 9.62 Å². The van der Waals surface area contributed by atoms with E-state index < -0.39 is 32.8 Å². The van der Waals surface area contributed by atoms with Gasteiger partial charge in [0.25, 0.3) is 0 Å². The minimum atomic E-state index is -4.21. The Morgan fingerprint density at radius 3 is 2.65 bits per heavy atom. The van der Waals surface area contributed by atoms with Gasteiger partial charge in [-0.05, 0) is 79.6 Å². The molecule has 0 spiro atoms. The van der Waals surface area contributed by atoms with Crippen LogP contribution in [-0.2, 0) is 27.7 Å². The smallest absolute Gasteiger partial charge is 0.303 e. The molecule has 0 aliphatic heterocycles. The third-order valence-electron chi connectivity index (χ3n) is 5.51. The lowest BCUT2D eigenvalue weighted by Gasteiger charge is -2.29. The van der Waals surface area contributed by atoms with Crippen molar-refractivity contribution in [3.63, 3.8) is 0 Å². The van der Waals surface area contributed by atoms with E-state index in [1.165, 1.54) is 12.6 Å². The average Bonchev–Trinajstić information content (AvgIpc) is 3.25. The average molecular weight is 535 g/mol. The summed E-state index contributed by atoms with van der Waals surface area (Å²) in [5.41, 5.74) is 1.15. The molecule has 0 aliphatic carbocycles. The normalized spacial score (nSPS) is 13.4. The number of carboxylic acids is 1. The number of aliphatic hydroxyl groups excluding tert-OH is 1. The minimum Gasteiger partial charge on any atom is -0.481 e. The van der Waals surface area contributed by atoms with Gasteiger partial charge in [0, 0.05) is 32.1 Å². The van der Waals surface area contributed by atoms with Gasteiger partial charge in [0.05, 0.1) is 11.1 Å². The molecule has 190 valence electrons. The van der Waals surface area contributed by atoms with Crippen LogP contribution in [0.1, 0.15) is 44.2 Å². The molecule has 11 heteroatoms. The number of rotatable bonds is 14. The van der Waals surface area contributed by atoms with E-state index >= 15 is 0 Å². The van der Waals surface area contributed by atoms with Crippen LogP contribution >= 0.6 is 22.9 Å². The number of nitrogens with one attached hydrogen (secondary N) is 1. The standard InChI is InChI=1S/C23H32ClFN2O5S2/c1-23(2,9-4-5-16-8-10-33-15-16)26-13-19(28)14-27(3)34(31,32)20-12-18(25)11-17(22(20)24)6-7-21(29)30/h8,10-12,15,19,26,28H,4-7,9,13-14H2,1-3H3,(H,29,30)/t19-/m0/s1. The number of nitrogens with zero attached hydrogens (tertiary/aromatic N) is 1. The van der Waals surface area contributed by atoms with Crippen molar-refractivity contribution in [2.75, 3.05) is 20.1 Å². The van der Waals surface area contributed by atoms with Crippen molar-refractivity contribution in [3.05, 3.63) is 50.9 Å². The largest absolute Gasteiger partial charge is 0.481 e. The predicted octanol–water partition coefficient (Wildman–Crippen LogP) is 3.93. The molecule has 0 radical (unpaired) electrons. The van der Waals surface area contributed by atoms with E-state index in [-0.39, 0.29) is 42.1 Å². The molecule has 0 saturated heterocycles. The summed E-state index contributed by atoms with van der Waals surface area (Å²) < 4.78 is 41.0. The van der Waals surface area contributed by atoms with E-state index in [1.54, 1.807) is 11.3 Å². The van der Waals surface area contributed by atoms with Gasteiger partial charge >= 0.3 is 5.97 Å². The predicted molar refractivity (Wildman–Crippen MR) is 133 cm³/mol. The molecule has 1 aromatic carbocycles. The summed E-state index contributed by atoms with van der Waals surface area (Å²) in [5.74, 6) is -1.94. The topological polar surface area (TPSA) is 107 Å². The molecular weight excluding hydrogens is 503 g/mol. The Hall–Kier alpha value is -1.56. The fourth-order valence-electron chi connectivity index (χ4n) is 3.51. The van der Waals surface area contributed by atoms with Crippen molar-refractivity contribution >= 4 is 38.9 Å². The first-order valence-electron chi connectivity index (χ1n) is 10.9. The fraction of sp³-hybridized carbons (Fsp3) is 0.522. The molecule has 1 aromatic heterocycles. The molecule has 0 bridgehead atoms. The first kappa shape index (κ1) is 28.7. The lowest BCUT2D eigenvalue weighted by molar-refractivity contribution is -0.136. The van der Waals surface area contributed by atoms with E-state index in [4.69, 9.17) is 16.7 Å². The molecule has 0 amide bonds. The number of benzene rings is 1. The van der Waals surface area contributed by atoms with Crippen molar-refractivity contribution in [1.29, 1.82) is 0 Å². The molecule has 1 atom stereocenters. The van der Waals surface area contributed by atoms with Crippen LogP contribution in [0, 0.1) is 5.82 Å². The third-order valence-corrected chi connectivity index (χ3v) is 8.65. The maximum atomic E-state index is 14.1. The van der Waals surface area contributed by atoms with Crippen LogP contribution in [0.15, 0.2) is 33.9 Å².